The lowest BCUT2D eigenvalue weighted by atomic mass is 10.1. The van der Waals surface area contributed by atoms with E-state index in [0.29, 0.717) is 15.7 Å². The Bertz CT molecular complexity index is 945. The number of carbonyl (C=O) groups is 2. The SMILES string of the molecule is CCOc1cc(/C=C2\NC(=O)N(Cc3ccccc3F)C2=O)cc(I)c1O. The van der Waals surface area contributed by atoms with Crippen LogP contribution in [0.2, 0.25) is 0 Å². The molecule has 27 heavy (non-hydrogen) atoms. The van der Waals surface area contributed by atoms with Gasteiger partial charge >= 0.3 is 6.03 Å². The van der Waals surface area contributed by atoms with Crippen LogP contribution in [0.1, 0.15) is 18.1 Å². The Balaban J connectivity index is 1.87. The Morgan fingerprint density at radius 3 is 2.74 bits per heavy atom. The van der Waals surface area contributed by atoms with Gasteiger partial charge in [-0.3, -0.25) is 9.69 Å². The average Bonchev–Trinajstić information content (AvgIpc) is 2.88. The van der Waals surface area contributed by atoms with Gasteiger partial charge in [0.2, 0.25) is 0 Å². The second-order valence-corrected chi connectivity index (χ2v) is 6.92. The highest BCUT2D eigenvalue weighted by molar-refractivity contribution is 14.1. The van der Waals surface area contributed by atoms with E-state index in [2.05, 4.69) is 5.32 Å². The zero-order valence-electron chi connectivity index (χ0n) is 14.3. The van der Waals surface area contributed by atoms with E-state index in [1.807, 2.05) is 22.6 Å². The molecule has 0 unspecified atom stereocenters. The molecule has 0 aliphatic carbocycles. The van der Waals surface area contributed by atoms with Gasteiger partial charge in [-0.05, 0) is 59.4 Å². The predicted molar refractivity (Wildman–Crippen MR) is 105 cm³/mol. The van der Waals surface area contributed by atoms with Crippen LogP contribution in [0.3, 0.4) is 0 Å². The van der Waals surface area contributed by atoms with Crippen LogP contribution in [0, 0.1) is 9.39 Å². The maximum atomic E-state index is 13.8. The van der Waals surface area contributed by atoms with E-state index in [9.17, 15) is 19.1 Å². The Morgan fingerprint density at radius 1 is 1.30 bits per heavy atom. The van der Waals surface area contributed by atoms with Crippen molar-refractivity contribution in [1.82, 2.24) is 10.2 Å². The molecule has 1 heterocycles. The van der Waals surface area contributed by atoms with Crippen LogP contribution in [0.25, 0.3) is 6.08 Å². The number of benzene rings is 2. The molecule has 0 aromatic heterocycles. The zero-order valence-corrected chi connectivity index (χ0v) is 16.5. The number of nitrogens with zero attached hydrogens (tertiary/aromatic N) is 1. The van der Waals surface area contributed by atoms with Crippen LogP contribution in [0.15, 0.2) is 42.1 Å². The number of phenolic OH excluding ortho intramolecular Hbond substituents is 1. The second kappa shape index (κ2) is 7.95. The Hall–Kier alpha value is -2.62. The predicted octanol–water partition coefficient (Wildman–Crippen LogP) is 3.63. The van der Waals surface area contributed by atoms with Crippen molar-refractivity contribution in [2.24, 2.45) is 0 Å². The third-order valence-corrected chi connectivity index (χ3v) is 4.73. The summed E-state index contributed by atoms with van der Waals surface area (Å²) in [4.78, 5) is 25.7. The fourth-order valence-corrected chi connectivity index (χ4v) is 3.25. The molecule has 140 valence electrons. The zero-order chi connectivity index (χ0) is 19.6. The molecule has 2 aromatic carbocycles. The van der Waals surface area contributed by atoms with Crippen molar-refractivity contribution in [3.8, 4) is 11.5 Å². The van der Waals surface area contributed by atoms with Gasteiger partial charge < -0.3 is 15.2 Å². The van der Waals surface area contributed by atoms with Crippen LogP contribution >= 0.6 is 22.6 Å². The van der Waals surface area contributed by atoms with Crippen molar-refractivity contribution >= 4 is 40.6 Å². The summed E-state index contributed by atoms with van der Waals surface area (Å²) in [7, 11) is 0. The molecule has 0 spiro atoms. The first-order chi connectivity index (χ1) is 12.9. The first kappa shape index (κ1) is 19.2. The number of carbonyl (C=O) groups excluding carboxylic acids is 2. The van der Waals surface area contributed by atoms with E-state index < -0.39 is 17.8 Å². The number of ether oxygens (including phenoxy) is 1. The number of halogens is 2. The lowest BCUT2D eigenvalue weighted by molar-refractivity contribution is -0.123. The Labute approximate surface area is 168 Å². The fourth-order valence-electron chi connectivity index (χ4n) is 2.62. The number of hydrogen-bond acceptors (Lipinski definition) is 4. The van der Waals surface area contributed by atoms with Gasteiger partial charge in [-0.15, -0.1) is 0 Å². The molecule has 2 N–H and O–H groups in total. The highest BCUT2D eigenvalue weighted by Gasteiger charge is 2.34. The molecular formula is C19H16FIN2O4. The van der Waals surface area contributed by atoms with Gasteiger partial charge in [0.1, 0.15) is 11.5 Å². The number of nitrogens with one attached hydrogen (secondary N) is 1. The van der Waals surface area contributed by atoms with E-state index in [1.165, 1.54) is 18.2 Å². The van der Waals surface area contributed by atoms with E-state index in [-0.39, 0.29) is 29.3 Å². The Morgan fingerprint density at radius 2 is 2.04 bits per heavy atom. The van der Waals surface area contributed by atoms with E-state index in [1.54, 1.807) is 31.2 Å². The summed E-state index contributed by atoms with van der Waals surface area (Å²) in [5.41, 5.74) is 0.900. The van der Waals surface area contributed by atoms with Crippen molar-refractivity contribution in [3.63, 3.8) is 0 Å². The van der Waals surface area contributed by atoms with Gasteiger partial charge in [0.15, 0.2) is 11.5 Å². The van der Waals surface area contributed by atoms with Crippen LogP contribution in [0.5, 0.6) is 11.5 Å². The molecule has 0 radical (unpaired) electrons. The molecule has 0 atom stereocenters. The van der Waals surface area contributed by atoms with Crippen molar-refractivity contribution in [3.05, 3.63) is 62.6 Å². The summed E-state index contributed by atoms with van der Waals surface area (Å²) < 4.78 is 19.7. The van der Waals surface area contributed by atoms with Gasteiger partial charge in [-0.1, -0.05) is 18.2 Å². The number of imide groups is 1. The topological polar surface area (TPSA) is 78.9 Å². The van der Waals surface area contributed by atoms with Gasteiger partial charge in [0, 0.05) is 5.56 Å². The van der Waals surface area contributed by atoms with Crippen molar-refractivity contribution in [2.75, 3.05) is 6.61 Å². The smallest absolute Gasteiger partial charge is 0.329 e. The lowest BCUT2D eigenvalue weighted by Crippen LogP contribution is -2.30. The van der Waals surface area contributed by atoms with E-state index in [0.717, 1.165) is 4.90 Å². The molecule has 0 saturated carbocycles. The van der Waals surface area contributed by atoms with Crippen LogP contribution in [-0.2, 0) is 11.3 Å². The first-order valence-electron chi connectivity index (χ1n) is 8.14. The van der Waals surface area contributed by atoms with Crippen molar-refractivity contribution < 1.29 is 23.8 Å². The summed E-state index contributed by atoms with van der Waals surface area (Å²) in [6.07, 6.45) is 1.49. The van der Waals surface area contributed by atoms with Crippen LogP contribution < -0.4 is 10.1 Å². The molecule has 1 fully saturated rings. The van der Waals surface area contributed by atoms with E-state index in [4.69, 9.17) is 4.74 Å². The summed E-state index contributed by atoms with van der Waals surface area (Å²) in [6.45, 7) is 2.00. The number of amides is 3. The highest BCUT2D eigenvalue weighted by atomic mass is 127. The van der Waals surface area contributed by atoms with Crippen molar-refractivity contribution in [1.29, 1.82) is 0 Å². The maximum Gasteiger partial charge on any atom is 0.329 e. The fraction of sp³-hybridized carbons (Fsp3) is 0.158. The maximum absolute atomic E-state index is 13.8. The lowest BCUT2D eigenvalue weighted by Gasteiger charge is -2.12. The van der Waals surface area contributed by atoms with Crippen LogP contribution in [0.4, 0.5) is 9.18 Å². The number of urea groups is 1. The standard InChI is InChI=1S/C19H16FIN2O4/c1-2-27-16-9-11(7-14(21)17(16)24)8-15-18(25)23(19(26)22-15)10-12-5-3-4-6-13(12)20/h3-9,24H,2,10H2,1H3,(H,22,26)/b15-8-. The molecule has 6 nitrogen and oxygen atoms in total. The molecule has 0 bridgehead atoms. The van der Waals surface area contributed by atoms with Gasteiger partial charge in [-0.2, -0.15) is 0 Å². The minimum Gasteiger partial charge on any atom is -0.504 e. The number of rotatable bonds is 5. The molecule has 3 amide bonds. The molecule has 2 aromatic rings. The third-order valence-electron chi connectivity index (χ3n) is 3.91. The summed E-state index contributed by atoms with van der Waals surface area (Å²) in [6, 6.07) is 8.59. The molecular weight excluding hydrogens is 466 g/mol. The van der Waals surface area contributed by atoms with Gasteiger partial charge in [0.25, 0.3) is 5.91 Å². The minimum atomic E-state index is -0.618. The molecule has 1 saturated heterocycles. The quantitative estimate of drug-likeness (QED) is 0.388. The molecule has 1 aliphatic rings. The number of hydrogen-bond donors (Lipinski definition) is 2. The number of aromatic hydroxyl groups is 1. The third kappa shape index (κ3) is 4.05. The van der Waals surface area contributed by atoms with Gasteiger partial charge in [-0.25, -0.2) is 9.18 Å². The molecule has 8 heteroatoms. The largest absolute Gasteiger partial charge is 0.504 e. The molecule has 3 rings (SSSR count). The van der Waals surface area contributed by atoms with Crippen LogP contribution in [-0.4, -0.2) is 28.6 Å². The normalized spacial score (nSPS) is 15.4. The summed E-state index contributed by atoms with van der Waals surface area (Å²) >= 11 is 1.95. The summed E-state index contributed by atoms with van der Waals surface area (Å²) in [5, 5.41) is 12.5. The summed E-state index contributed by atoms with van der Waals surface area (Å²) in [5.74, 6) is -0.729. The van der Waals surface area contributed by atoms with Crippen molar-refractivity contribution in [2.45, 2.75) is 13.5 Å². The first-order valence-corrected chi connectivity index (χ1v) is 9.21. The van der Waals surface area contributed by atoms with E-state index >= 15 is 0 Å². The average molecular weight is 482 g/mol. The second-order valence-electron chi connectivity index (χ2n) is 5.75. The monoisotopic (exact) mass is 482 g/mol. The van der Waals surface area contributed by atoms with Gasteiger partial charge in [0.05, 0.1) is 16.7 Å². The Kier molecular flexibility index (Phi) is 5.64. The molecule has 1 aliphatic heterocycles. The minimum absolute atomic E-state index is 0.0163. The highest BCUT2D eigenvalue weighted by Crippen LogP contribution is 2.33. The number of phenols is 1.